The second-order valence-electron chi connectivity index (χ2n) is 4.27. The first-order valence-electron chi connectivity index (χ1n) is 4.62. The maximum Gasteiger partial charge on any atom is -0.0298 e. The molecule has 0 bridgehead atoms. The maximum absolute atomic E-state index is 2.43. The Balaban J connectivity index is 0.000001000. The van der Waals surface area contributed by atoms with Crippen LogP contribution in [0.2, 0.25) is 0 Å². The molecular weight excluding hydrogens is 132 g/mol. The predicted octanol–water partition coefficient (Wildman–Crippen LogP) is 4.10. The van der Waals surface area contributed by atoms with E-state index in [2.05, 4.69) is 27.7 Å². The molecule has 0 aromatic heterocycles. The summed E-state index contributed by atoms with van der Waals surface area (Å²) in [6.45, 7) is 9.49. The van der Waals surface area contributed by atoms with Crippen LogP contribution in [0.25, 0.3) is 0 Å². The van der Waals surface area contributed by atoms with E-state index in [-0.39, 0.29) is 7.43 Å². The van der Waals surface area contributed by atoms with Gasteiger partial charge in [0.15, 0.2) is 0 Å². The molecule has 1 fully saturated rings. The minimum Gasteiger partial charge on any atom is -0.0776 e. The van der Waals surface area contributed by atoms with Crippen LogP contribution in [0.4, 0.5) is 0 Å². The fraction of sp³-hybridized carbons (Fsp3) is 1.00. The summed E-state index contributed by atoms with van der Waals surface area (Å²) in [6, 6.07) is 0. The first-order chi connectivity index (χ1) is 4.62. The smallest absolute Gasteiger partial charge is 0.0298 e. The van der Waals surface area contributed by atoms with Crippen molar-refractivity contribution in [3.8, 4) is 0 Å². The molecule has 0 aromatic carbocycles. The monoisotopic (exact) mass is 156 g/mol. The third-order valence-electron chi connectivity index (χ3n) is 3.66. The van der Waals surface area contributed by atoms with Crippen LogP contribution in [0.1, 0.15) is 54.4 Å². The van der Waals surface area contributed by atoms with Crippen molar-refractivity contribution < 1.29 is 0 Å². The lowest BCUT2D eigenvalue weighted by atomic mass is 9.53. The average Bonchev–Trinajstić information content (AvgIpc) is 1.88. The Kier molecular flexibility index (Phi) is 3.60. The van der Waals surface area contributed by atoms with Crippen LogP contribution in [0.3, 0.4) is 0 Å². The molecule has 0 N–H and O–H groups in total. The Morgan fingerprint density at radius 2 is 1.45 bits per heavy atom. The lowest BCUT2D eigenvalue weighted by Gasteiger charge is -2.52. The van der Waals surface area contributed by atoms with Crippen molar-refractivity contribution in [3.63, 3.8) is 0 Å². The molecule has 0 saturated heterocycles. The second-order valence-corrected chi connectivity index (χ2v) is 4.27. The highest BCUT2D eigenvalue weighted by Gasteiger charge is 2.45. The molecular formula is C11H24. The van der Waals surface area contributed by atoms with Crippen LogP contribution < -0.4 is 0 Å². The van der Waals surface area contributed by atoms with Gasteiger partial charge in [-0.1, -0.05) is 48.0 Å². The topological polar surface area (TPSA) is 0 Å². The van der Waals surface area contributed by atoms with Gasteiger partial charge in [-0.25, -0.2) is 0 Å². The van der Waals surface area contributed by atoms with Gasteiger partial charge in [-0.05, 0) is 23.7 Å². The number of hydrogen-bond donors (Lipinski definition) is 0. The zero-order valence-electron chi connectivity index (χ0n) is 7.78. The fourth-order valence-corrected chi connectivity index (χ4v) is 2.51. The van der Waals surface area contributed by atoms with Gasteiger partial charge in [0.1, 0.15) is 0 Å². The summed E-state index contributed by atoms with van der Waals surface area (Å²) in [5.74, 6) is 2.02. The molecule has 0 nitrogen and oxygen atoms in total. The van der Waals surface area contributed by atoms with E-state index in [1.807, 2.05) is 0 Å². The quantitative estimate of drug-likeness (QED) is 0.564. The first kappa shape index (κ1) is 11.0. The van der Waals surface area contributed by atoms with Crippen LogP contribution in [0.5, 0.6) is 0 Å². The molecule has 0 heteroatoms. The van der Waals surface area contributed by atoms with Crippen molar-refractivity contribution in [2.45, 2.75) is 54.4 Å². The zero-order chi connectivity index (χ0) is 7.78. The highest BCUT2D eigenvalue weighted by atomic mass is 14.5. The van der Waals surface area contributed by atoms with Crippen LogP contribution in [0, 0.1) is 17.3 Å². The Hall–Kier alpha value is 0. The van der Waals surface area contributed by atoms with Gasteiger partial charge in [-0.15, -0.1) is 0 Å². The normalized spacial score (nSPS) is 33.8. The summed E-state index contributed by atoms with van der Waals surface area (Å²) in [5, 5.41) is 0. The van der Waals surface area contributed by atoms with E-state index in [1.54, 1.807) is 0 Å². The van der Waals surface area contributed by atoms with Crippen molar-refractivity contribution in [2.24, 2.45) is 17.3 Å². The summed E-state index contributed by atoms with van der Waals surface area (Å²) in [7, 11) is 0. The summed E-state index contributed by atoms with van der Waals surface area (Å²) in [5.41, 5.74) is 0.656. The van der Waals surface area contributed by atoms with Gasteiger partial charge in [0, 0.05) is 0 Å². The molecule has 1 saturated carbocycles. The van der Waals surface area contributed by atoms with Gasteiger partial charge in [0.25, 0.3) is 0 Å². The van der Waals surface area contributed by atoms with Crippen LogP contribution in [-0.4, -0.2) is 0 Å². The average molecular weight is 156 g/mol. The van der Waals surface area contributed by atoms with Crippen molar-refractivity contribution in [3.05, 3.63) is 0 Å². The van der Waals surface area contributed by atoms with Crippen LogP contribution in [0.15, 0.2) is 0 Å². The van der Waals surface area contributed by atoms with Crippen molar-refractivity contribution >= 4 is 0 Å². The summed E-state index contributed by atoms with van der Waals surface area (Å²) in [6.07, 6.45) is 4.24. The zero-order valence-corrected chi connectivity index (χ0v) is 7.78. The van der Waals surface area contributed by atoms with Gasteiger partial charge in [0.2, 0.25) is 0 Å². The summed E-state index contributed by atoms with van der Waals surface area (Å²) < 4.78 is 0. The molecule has 1 aliphatic carbocycles. The Bertz CT molecular complexity index is 101. The largest absolute Gasteiger partial charge is 0.0776 e. The number of hydrogen-bond acceptors (Lipinski definition) is 0. The molecule has 0 aromatic rings. The predicted molar refractivity (Wildman–Crippen MR) is 52.7 cm³/mol. The standard InChI is InChI=1S/C10H20.CH4/c1-5-8-7-9(6-2)10(8,3)4;/h8-9H,5-7H2,1-4H3;1H4. The van der Waals surface area contributed by atoms with E-state index in [4.69, 9.17) is 0 Å². The van der Waals surface area contributed by atoms with Crippen molar-refractivity contribution in [1.29, 1.82) is 0 Å². The first-order valence-corrected chi connectivity index (χ1v) is 4.62. The second kappa shape index (κ2) is 3.60. The van der Waals surface area contributed by atoms with Gasteiger partial charge < -0.3 is 0 Å². The molecule has 68 valence electrons. The molecule has 0 radical (unpaired) electrons. The van der Waals surface area contributed by atoms with Gasteiger partial charge in [-0.3, -0.25) is 0 Å². The molecule has 1 rings (SSSR count). The van der Waals surface area contributed by atoms with Crippen LogP contribution in [-0.2, 0) is 0 Å². The molecule has 11 heavy (non-hydrogen) atoms. The van der Waals surface area contributed by atoms with Crippen molar-refractivity contribution in [2.75, 3.05) is 0 Å². The van der Waals surface area contributed by atoms with E-state index < -0.39 is 0 Å². The molecule has 0 aliphatic heterocycles. The SMILES string of the molecule is C.CCC1CC(CC)C1(C)C. The van der Waals surface area contributed by atoms with E-state index in [0.29, 0.717) is 5.41 Å². The van der Waals surface area contributed by atoms with Crippen molar-refractivity contribution in [1.82, 2.24) is 0 Å². The minimum atomic E-state index is 0. The van der Waals surface area contributed by atoms with Gasteiger partial charge in [-0.2, -0.15) is 0 Å². The van der Waals surface area contributed by atoms with E-state index in [1.165, 1.54) is 19.3 Å². The van der Waals surface area contributed by atoms with E-state index >= 15 is 0 Å². The molecule has 2 unspecified atom stereocenters. The van der Waals surface area contributed by atoms with Gasteiger partial charge in [0.05, 0.1) is 0 Å². The highest BCUT2D eigenvalue weighted by Crippen LogP contribution is 2.53. The maximum atomic E-state index is 2.43. The summed E-state index contributed by atoms with van der Waals surface area (Å²) in [4.78, 5) is 0. The summed E-state index contributed by atoms with van der Waals surface area (Å²) >= 11 is 0. The molecule has 2 atom stereocenters. The molecule has 0 heterocycles. The highest BCUT2D eigenvalue weighted by molar-refractivity contribution is 4.94. The lowest BCUT2D eigenvalue weighted by Crippen LogP contribution is -2.43. The molecule has 0 amide bonds. The van der Waals surface area contributed by atoms with E-state index in [0.717, 1.165) is 11.8 Å². The Labute approximate surface area is 72.4 Å². The molecule has 0 spiro atoms. The fourth-order valence-electron chi connectivity index (χ4n) is 2.51. The Morgan fingerprint density at radius 3 is 1.64 bits per heavy atom. The van der Waals surface area contributed by atoms with Crippen LogP contribution >= 0.6 is 0 Å². The lowest BCUT2D eigenvalue weighted by molar-refractivity contribution is -0.0243. The number of rotatable bonds is 2. The van der Waals surface area contributed by atoms with Gasteiger partial charge >= 0.3 is 0 Å². The Morgan fingerprint density at radius 1 is 1.09 bits per heavy atom. The third kappa shape index (κ3) is 1.60. The minimum absolute atomic E-state index is 0. The van der Waals surface area contributed by atoms with E-state index in [9.17, 15) is 0 Å². The third-order valence-corrected chi connectivity index (χ3v) is 3.66. The molecule has 1 aliphatic rings.